The Bertz CT molecular complexity index is 1350. The van der Waals surface area contributed by atoms with Crippen molar-refractivity contribution < 1.29 is 9.53 Å². The summed E-state index contributed by atoms with van der Waals surface area (Å²) in [7, 11) is 1.62. The molecule has 2 fully saturated rings. The molecule has 1 amide bonds. The summed E-state index contributed by atoms with van der Waals surface area (Å²) in [4.78, 5) is 31.4. The highest BCUT2D eigenvalue weighted by Gasteiger charge is 2.33. The molecule has 38 heavy (non-hydrogen) atoms. The number of thioether (sulfide) groups is 1. The summed E-state index contributed by atoms with van der Waals surface area (Å²) in [5, 5.41) is 9.90. The molecule has 3 heterocycles. The molecule has 1 aromatic heterocycles. The molecule has 2 aromatic rings. The number of carbonyl (C=O) groups excluding carboxylic acids is 1. The van der Waals surface area contributed by atoms with Crippen LogP contribution in [0, 0.1) is 24.2 Å². The van der Waals surface area contributed by atoms with Crippen molar-refractivity contribution in [1.82, 2.24) is 9.47 Å². The fourth-order valence-electron chi connectivity index (χ4n) is 4.91. The van der Waals surface area contributed by atoms with Gasteiger partial charge in [0, 0.05) is 25.2 Å². The summed E-state index contributed by atoms with van der Waals surface area (Å²) in [5.74, 6) is 2.02. The summed E-state index contributed by atoms with van der Waals surface area (Å²) in [6.45, 7) is 8.70. The Morgan fingerprint density at radius 2 is 1.89 bits per heavy atom. The molecular weight excluding hydrogens is 516 g/mol. The third-order valence-corrected chi connectivity index (χ3v) is 8.69. The number of anilines is 1. The molecule has 2 saturated heterocycles. The summed E-state index contributed by atoms with van der Waals surface area (Å²) < 4.78 is 7.48. The number of nitrogens with zero attached hydrogens (tertiary/aromatic N) is 4. The van der Waals surface area contributed by atoms with Crippen LogP contribution in [0.1, 0.15) is 61.8 Å². The van der Waals surface area contributed by atoms with E-state index < -0.39 is 0 Å². The van der Waals surface area contributed by atoms with Crippen LogP contribution in [-0.2, 0) is 17.9 Å². The van der Waals surface area contributed by atoms with E-state index in [2.05, 4.69) is 24.8 Å². The molecule has 2 aliphatic rings. The lowest BCUT2D eigenvalue weighted by Gasteiger charge is -2.35. The molecule has 9 heteroatoms. The zero-order valence-electron chi connectivity index (χ0n) is 22.5. The number of carbonyl (C=O) groups is 1. The number of hydrogen-bond donors (Lipinski definition) is 0. The third-order valence-electron chi connectivity index (χ3n) is 7.31. The fraction of sp³-hybridized carbons (Fsp3) is 0.448. The van der Waals surface area contributed by atoms with Crippen molar-refractivity contribution in [2.75, 3.05) is 25.1 Å². The Kier molecular flexibility index (Phi) is 8.95. The second kappa shape index (κ2) is 12.2. The summed E-state index contributed by atoms with van der Waals surface area (Å²) >= 11 is 6.86. The highest BCUT2D eigenvalue weighted by atomic mass is 32.2. The van der Waals surface area contributed by atoms with Crippen molar-refractivity contribution in [3.05, 3.63) is 61.8 Å². The molecule has 4 rings (SSSR count). The first-order chi connectivity index (χ1) is 18.3. The standard InChI is InChI=1S/C29H34N4O3S2/c1-5-6-13-32-26(31-14-11-19(2)12-15-31)23(20(3)24(17-30)27(32)34)16-25-28(35)33(29(37)38-25)18-21-7-9-22(36-4)10-8-21/h7-10,16,19H,5-6,11-15,18H2,1-4H3/b25-16-. The number of thiocarbonyl (C=S) groups is 1. The van der Waals surface area contributed by atoms with Crippen molar-refractivity contribution in [1.29, 1.82) is 5.26 Å². The topological polar surface area (TPSA) is 78.6 Å². The van der Waals surface area contributed by atoms with Gasteiger partial charge in [0.25, 0.3) is 11.5 Å². The van der Waals surface area contributed by atoms with E-state index in [0.717, 1.165) is 61.5 Å². The van der Waals surface area contributed by atoms with E-state index in [0.29, 0.717) is 33.8 Å². The molecule has 0 N–H and O–H groups in total. The van der Waals surface area contributed by atoms with E-state index in [-0.39, 0.29) is 17.0 Å². The van der Waals surface area contributed by atoms with E-state index in [1.807, 2.05) is 37.3 Å². The van der Waals surface area contributed by atoms with Gasteiger partial charge in [-0.25, -0.2) is 0 Å². The minimum atomic E-state index is -0.253. The number of amides is 1. The van der Waals surface area contributed by atoms with Crippen LogP contribution in [-0.4, -0.2) is 39.9 Å². The van der Waals surface area contributed by atoms with Crippen LogP contribution >= 0.6 is 24.0 Å². The lowest BCUT2D eigenvalue weighted by molar-refractivity contribution is -0.122. The van der Waals surface area contributed by atoms with Gasteiger partial charge in [-0.1, -0.05) is 56.4 Å². The normalized spacial score (nSPS) is 17.4. The van der Waals surface area contributed by atoms with Crippen molar-refractivity contribution in [3.63, 3.8) is 0 Å². The molecule has 0 aliphatic carbocycles. The molecule has 1 aromatic carbocycles. The van der Waals surface area contributed by atoms with Gasteiger partial charge < -0.3 is 9.64 Å². The van der Waals surface area contributed by atoms with Crippen LogP contribution in [0.3, 0.4) is 0 Å². The molecule has 0 radical (unpaired) electrons. The second-order valence-corrected chi connectivity index (χ2v) is 11.6. The molecule has 2 aliphatic heterocycles. The van der Waals surface area contributed by atoms with Gasteiger partial charge in [-0.15, -0.1) is 0 Å². The van der Waals surface area contributed by atoms with Gasteiger partial charge in [0.2, 0.25) is 0 Å². The first kappa shape index (κ1) is 27.9. The number of unbranched alkanes of at least 4 members (excludes halogenated alkanes) is 1. The minimum Gasteiger partial charge on any atom is -0.497 e. The van der Waals surface area contributed by atoms with Gasteiger partial charge in [0.1, 0.15) is 27.5 Å². The Morgan fingerprint density at radius 1 is 1.21 bits per heavy atom. The van der Waals surface area contributed by atoms with E-state index in [9.17, 15) is 14.9 Å². The summed E-state index contributed by atoms with van der Waals surface area (Å²) in [6.07, 6.45) is 5.67. The number of ether oxygens (including phenoxy) is 1. The molecule has 0 unspecified atom stereocenters. The predicted molar refractivity (Wildman–Crippen MR) is 157 cm³/mol. The van der Waals surface area contributed by atoms with E-state index in [1.165, 1.54) is 11.8 Å². The fourth-order valence-corrected chi connectivity index (χ4v) is 6.15. The minimum absolute atomic E-state index is 0.134. The Labute approximate surface area is 234 Å². The SMILES string of the molecule is CCCCn1c(N2CCC(C)CC2)c(/C=C2\SC(=S)N(Cc3ccc(OC)cc3)C2=O)c(C)c(C#N)c1=O. The first-order valence-electron chi connectivity index (χ1n) is 13.1. The Balaban J connectivity index is 1.78. The second-order valence-electron chi connectivity index (χ2n) is 9.94. The van der Waals surface area contributed by atoms with Crippen LogP contribution in [0.5, 0.6) is 5.75 Å². The maximum absolute atomic E-state index is 13.5. The van der Waals surface area contributed by atoms with Crippen molar-refractivity contribution in [2.24, 2.45) is 5.92 Å². The lowest BCUT2D eigenvalue weighted by Crippen LogP contribution is -2.39. The third kappa shape index (κ3) is 5.67. The van der Waals surface area contributed by atoms with Gasteiger partial charge in [0.15, 0.2) is 0 Å². The number of rotatable bonds is 8. The average molecular weight is 551 g/mol. The molecule has 0 spiro atoms. The zero-order chi connectivity index (χ0) is 27.4. The summed E-state index contributed by atoms with van der Waals surface area (Å²) in [5.41, 5.74) is 2.20. The van der Waals surface area contributed by atoms with Crippen molar-refractivity contribution in [3.8, 4) is 11.8 Å². The van der Waals surface area contributed by atoms with Gasteiger partial charge >= 0.3 is 0 Å². The highest BCUT2D eigenvalue weighted by molar-refractivity contribution is 8.26. The molecule has 7 nitrogen and oxygen atoms in total. The molecule has 0 atom stereocenters. The van der Waals surface area contributed by atoms with Gasteiger partial charge in [-0.3, -0.25) is 19.1 Å². The molecule has 200 valence electrons. The van der Waals surface area contributed by atoms with Crippen molar-refractivity contribution in [2.45, 2.75) is 59.5 Å². The first-order valence-corrected chi connectivity index (χ1v) is 14.3. The van der Waals surface area contributed by atoms with Gasteiger partial charge in [-0.05, 0) is 61.4 Å². The summed E-state index contributed by atoms with van der Waals surface area (Å²) in [6, 6.07) is 9.70. The van der Waals surface area contributed by atoms with Crippen LogP contribution in [0.15, 0.2) is 34.0 Å². The number of piperidine rings is 1. The maximum atomic E-state index is 13.5. The van der Waals surface area contributed by atoms with Crippen LogP contribution < -0.4 is 15.2 Å². The van der Waals surface area contributed by atoms with Crippen LogP contribution in [0.4, 0.5) is 5.82 Å². The smallest absolute Gasteiger partial charge is 0.270 e. The molecule has 0 saturated carbocycles. The number of benzene rings is 1. The molecular formula is C29H34N4O3S2. The Hall–Kier alpha value is -3.09. The van der Waals surface area contributed by atoms with Crippen molar-refractivity contribution >= 4 is 46.1 Å². The Morgan fingerprint density at radius 3 is 2.50 bits per heavy atom. The predicted octanol–water partition coefficient (Wildman–Crippen LogP) is 5.47. The molecule has 0 bridgehead atoms. The largest absolute Gasteiger partial charge is 0.497 e. The maximum Gasteiger partial charge on any atom is 0.270 e. The lowest BCUT2D eigenvalue weighted by atomic mass is 9.97. The number of pyridine rings is 1. The van der Waals surface area contributed by atoms with Gasteiger partial charge in [0.05, 0.1) is 18.6 Å². The van der Waals surface area contributed by atoms with E-state index in [4.69, 9.17) is 17.0 Å². The number of hydrogen-bond acceptors (Lipinski definition) is 7. The number of nitriles is 1. The monoisotopic (exact) mass is 550 g/mol. The van der Waals surface area contributed by atoms with Gasteiger partial charge in [-0.2, -0.15) is 5.26 Å². The van der Waals surface area contributed by atoms with E-state index >= 15 is 0 Å². The average Bonchev–Trinajstić information content (AvgIpc) is 3.18. The number of aromatic nitrogens is 1. The number of methoxy groups -OCH3 is 1. The van der Waals surface area contributed by atoms with E-state index in [1.54, 1.807) is 16.6 Å². The quantitative estimate of drug-likeness (QED) is 0.318. The van der Waals surface area contributed by atoms with Crippen LogP contribution in [0.2, 0.25) is 0 Å². The zero-order valence-corrected chi connectivity index (χ0v) is 24.1. The highest BCUT2D eigenvalue weighted by Crippen LogP contribution is 2.37. The van der Waals surface area contributed by atoms with Crippen LogP contribution in [0.25, 0.3) is 6.08 Å².